The number of halogens is 6. The first-order chi connectivity index (χ1) is 8.73. The van der Waals surface area contributed by atoms with E-state index in [4.69, 9.17) is 23.2 Å². The Hall–Kier alpha value is -0.720. The summed E-state index contributed by atoms with van der Waals surface area (Å²) in [7, 11) is 0. The summed E-state index contributed by atoms with van der Waals surface area (Å²) in [6, 6.07) is 4.67. The molecule has 2 nitrogen and oxygen atoms in total. The van der Waals surface area contributed by atoms with Gasteiger partial charge in [-0.25, -0.2) is 4.68 Å². The quantitative estimate of drug-likeness (QED) is 0.665. The molecule has 1 aromatic carbocycles. The fourth-order valence-electron chi connectivity index (χ4n) is 1.57. The predicted molar refractivity (Wildman–Crippen MR) is 71.0 cm³/mol. The van der Waals surface area contributed by atoms with Crippen molar-refractivity contribution in [3.05, 3.63) is 44.1 Å². The van der Waals surface area contributed by atoms with Gasteiger partial charge in [0.05, 0.1) is 20.2 Å². The summed E-state index contributed by atoms with van der Waals surface area (Å²) in [5, 5.41) is 3.99. The van der Waals surface area contributed by atoms with E-state index in [0.717, 1.165) is 4.68 Å². The van der Waals surface area contributed by atoms with Crippen LogP contribution in [0.5, 0.6) is 0 Å². The van der Waals surface area contributed by atoms with Gasteiger partial charge in [-0.3, -0.25) is 0 Å². The highest BCUT2D eigenvalue weighted by Gasteiger charge is 2.38. The Bertz CT molecular complexity index is 617. The van der Waals surface area contributed by atoms with Gasteiger partial charge in [0.1, 0.15) is 5.69 Å². The molecular weight excluding hydrogens is 368 g/mol. The Morgan fingerprint density at radius 1 is 1.21 bits per heavy atom. The molecule has 2 aromatic rings. The molecule has 8 heteroatoms. The third kappa shape index (κ3) is 2.61. The first kappa shape index (κ1) is 14.7. The summed E-state index contributed by atoms with van der Waals surface area (Å²) in [6.45, 7) is 1.49. The third-order valence-electron chi connectivity index (χ3n) is 2.46. The molecule has 0 unspecified atom stereocenters. The van der Waals surface area contributed by atoms with Gasteiger partial charge in [-0.05, 0) is 35.0 Å². The molecule has 19 heavy (non-hydrogen) atoms. The molecule has 0 bridgehead atoms. The molecule has 0 spiro atoms. The molecule has 0 aliphatic carbocycles. The van der Waals surface area contributed by atoms with E-state index in [2.05, 4.69) is 21.0 Å². The number of benzene rings is 1. The molecule has 0 amide bonds. The van der Waals surface area contributed by atoms with Crippen LogP contribution in [0.4, 0.5) is 13.2 Å². The zero-order chi connectivity index (χ0) is 14.4. The van der Waals surface area contributed by atoms with Crippen molar-refractivity contribution >= 4 is 39.1 Å². The highest BCUT2D eigenvalue weighted by atomic mass is 79.9. The Morgan fingerprint density at radius 3 is 2.16 bits per heavy atom. The Morgan fingerprint density at radius 2 is 1.74 bits per heavy atom. The van der Waals surface area contributed by atoms with Crippen LogP contribution in [0.15, 0.2) is 22.7 Å². The number of rotatable bonds is 1. The van der Waals surface area contributed by atoms with E-state index in [0.29, 0.717) is 0 Å². The molecule has 0 fully saturated rings. The molecule has 2 rings (SSSR count). The smallest absolute Gasteiger partial charge is 0.233 e. The number of aromatic nitrogens is 2. The maximum Gasteiger partial charge on any atom is 0.436 e. The van der Waals surface area contributed by atoms with Gasteiger partial charge in [0.25, 0.3) is 0 Å². The van der Waals surface area contributed by atoms with E-state index >= 15 is 0 Å². The van der Waals surface area contributed by atoms with Crippen LogP contribution in [0.3, 0.4) is 0 Å². The lowest BCUT2D eigenvalue weighted by Gasteiger charge is -2.08. The molecule has 0 saturated carbocycles. The van der Waals surface area contributed by atoms with Crippen LogP contribution >= 0.6 is 39.1 Å². The van der Waals surface area contributed by atoms with Crippen molar-refractivity contribution in [2.24, 2.45) is 0 Å². The molecule has 0 aliphatic heterocycles. The minimum atomic E-state index is -4.55. The fraction of sp³-hybridized carbons (Fsp3) is 0.182. The third-order valence-corrected chi connectivity index (χ3v) is 4.02. The lowest BCUT2D eigenvalue weighted by atomic mass is 10.3. The lowest BCUT2D eigenvalue weighted by Crippen LogP contribution is -2.08. The fourth-order valence-corrected chi connectivity index (χ4v) is 2.60. The standard InChI is InChI=1S/C11H6BrCl2F3N2/c1-5-8(12)10(11(15,16)17)18-19(5)9-6(13)3-2-4-7(9)14/h2-4H,1H3. The van der Waals surface area contributed by atoms with Gasteiger partial charge in [-0.15, -0.1) is 0 Å². The Labute approximate surface area is 125 Å². The van der Waals surface area contributed by atoms with Crippen LogP contribution in [0.2, 0.25) is 10.0 Å². The maximum atomic E-state index is 12.8. The normalized spacial score (nSPS) is 11.9. The van der Waals surface area contributed by atoms with Gasteiger partial charge in [-0.2, -0.15) is 18.3 Å². The van der Waals surface area contributed by atoms with Gasteiger partial charge in [0.15, 0.2) is 5.69 Å². The van der Waals surface area contributed by atoms with Crippen LogP contribution in [0.25, 0.3) is 5.69 Å². The summed E-state index contributed by atoms with van der Waals surface area (Å²) >= 11 is 14.8. The van der Waals surface area contributed by atoms with Crippen molar-refractivity contribution in [1.82, 2.24) is 9.78 Å². The topological polar surface area (TPSA) is 17.8 Å². The summed E-state index contributed by atoms with van der Waals surface area (Å²) < 4.78 is 39.3. The minimum Gasteiger partial charge on any atom is -0.233 e. The van der Waals surface area contributed by atoms with E-state index in [1.165, 1.54) is 19.1 Å². The highest BCUT2D eigenvalue weighted by Crippen LogP contribution is 2.38. The van der Waals surface area contributed by atoms with E-state index < -0.39 is 11.9 Å². The molecule has 0 radical (unpaired) electrons. The van der Waals surface area contributed by atoms with Crippen molar-refractivity contribution in [3.63, 3.8) is 0 Å². The monoisotopic (exact) mass is 372 g/mol. The zero-order valence-electron chi connectivity index (χ0n) is 9.39. The molecule has 1 aromatic heterocycles. The zero-order valence-corrected chi connectivity index (χ0v) is 12.5. The number of nitrogens with zero attached hydrogens (tertiary/aromatic N) is 2. The first-order valence-electron chi connectivity index (χ1n) is 5.00. The minimum absolute atomic E-state index is 0.129. The number of hydrogen-bond donors (Lipinski definition) is 0. The first-order valence-corrected chi connectivity index (χ1v) is 6.55. The molecule has 1 heterocycles. The second-order valence-electron chi connectivity index (χ2n) is 3.73. The van der Waals surface area contributed by atoms with Gasteiger partial charge < -0.3 is 0 Å². The maximum absolute atomic E-state index is 12.8. The Kier molecular flexibility index (Phi) is 3.86. The second-order valence-corrected chi connectivity index (χ2v) is 5.34. The molecule has 0 N–H and O–H groups in total. The number of hydrogen-bond acceptors (Lipinski definition) is 1. The van der Waals surface area contributed by atoms with Crippen LogP contribution in [0.1, 0.15) is 11.4 Å². The van der Waals surface area contributed by atoms with E-state index in [1.54, 1.807) is 6.07 Å². The predicted octanol–water partition coefficient (Wildman–Crippen LogP) is 5.27. The molecule has 0 atom stereocenters. The highest BCUT2D eigenvalue weighted by molar-refractivity contribution is 9.10. The largest absolute Gasteiger partial charge is 0.436 e. The van der Waals surface area contributed by atoms with Crippen molar-refractivity contribution in [3.8, 4) is 5.69 Å². The average molecular weight is 374 g/mol. The second kappa shape index (κ2) is 5.00. The van der Waals surface area contributed by atoms with Crippen molar-refractivity contribution in [1.29, 1.82) is 0 Å². The van der Waals surface area contributed by atoms with Gasteiger partial charge in [0.2, 0.25) is 0 Å². The number of para-hydroxylation sites is 1. The lowest BCUT2D eigenvalue weighted by molar-refractivity contribution is -0.141. The van der Waals surface area contributed by atoms with E-state index in [9.17, 15) is 13.2 Å². The van der Waals surface area contributed by atoms with Gasteiger partial charge in [-0.1, -0.05) is 29.3 Å². The molecule has 0 aliphatic rings. The van der Waals surface area contributed by atoms with Crippen molar-refractivity contribution in [2.75, 3.05) is 0 Å². The molecule has 0 saturated heterocycles. The van der Waals surface area contributed by atoms with E-state index in [-0.39, 0.29) is 25.9 Å². The van der Waals surface area contributed by atoms with Crippen molar-refractivity contribution < 1.29 is 13.2 Å². The molecule has 102 valence electrons. The van der Waals surface area contributed by atoms with Crippen LogP contribution in [-0.2, 0) is 6.18 Å². The van der Waals surface area contributed by atoms with E-state index in [1.807, 2.05) is 0 Å². The average Bonchev–Trinajstić information content (AvgIpc) is 2.57. The summed E-state index contributed by atoms with van der Waals surface area (Å²) in [4.78, 5) is 0. The SMILES string of the molecule is Cc1c(Br)c(C(F)(F)F)nn1-c1c(Cl)cccc1Cl. The summed E-state index contributed by atoms with van der Waals surface area (Å²) in [5.74, 6) is 0. The summed E-state index contributed by atoms with van der Waals surface area (Å²) in [6.07, 6.45) is -4.55. The van der Waals surface area contributed by atoms with Crippen LogP contribution in [-0.4, -0.2) is 9.78 Å². The Balaban J connectivity index is 2.72. The van der Waals surface area contributed by atoms with Gasteiger partial charge >= 0.3 is 6.18 Å². The van der Waals surface area contributed by atoms with Crippen LogP contribution in [0, 0.1) is 6.92 Å². The van der Waals surface area contributed by atoms with Crippen molar-refractivity contribution in [2.45, 2.75) is 13.1 Å². The van der Waals surface area contributed by atoms with Crippen LogP contribution < -0.4 is 0 Å². The van der Waals surface area contributed by atoms with Gasteiger partial charge in [0, 0.05) is 0 Å². The molecular formula is C11H6BrCl2F3N2. The summed E-state index contributed by atoms with van der Waals surface area (Å²) in [5.41, 5.74) is -0.525. The number of alkyl halides is 3.